The monoisotopic (exact) mass is 375 g/mol. The normalized spacial score (nSPS) is 11.7. The van der Waals surface area contributed by atoms with Crippen LogP contribution >= 0.6 is 0 Å². The number of imidazole rings is 1. The molecule has 3 aromatic rings. The number of anilines is 1. The van der Waals surface area contributed by atoms with Crippen molar-refractivity contribution in [2.75, 3.05) is 12.3 Å². The molecule has 0 spiro atoms. The summed E-state index contributed by atoms with van der Waals surface area (Å²) in [7, 11) is 0. The number of nitrogens with one attached hydrogen (secondary N) is 1. The molecule has 0 aliphatic rings. The number of hydrogen-bond donors (Lipinski definition) is 3. The van der Waals surface area contributed by atoms with Crippen molar-refractivity contribution in [3.05, 3.63) is 47.8 Å². The van der Waals surface area contributed by atoms with Gasteiger partial charge in [0.2, 0.25) is 0 Å². The fraction of sp³-hybridized carbons (Fsp3) is 0.278. The summed E-state index contributed by atoms with van der Waals surface area (Å²) in [5.41, 5.74) is 5.46. The van der Waals surface area contributed by atoms with E-state index in [4.69, 9.17) is 5.73 Å². The predicted octanol–water partition coefficient (Wildman–Crippen LogP) is 2.15. The first kappa shape index (κ1) is 18.7. The van der Waals surface area contributed by atoms with Gasteiger partial charge in [-0.05, 0) is 32.4 Å². The maximum atomic E-state index is 14.1. The van der Waals surface area contributed by atoms with Crippen molar-refractivity contribution < 1.29 is 18.7 Å². The number of amides is 1. The van der Waals surface area contributed by atoms with Gasteiger partial charge in [-0.2, -0.15) is 0 Å². The number of carbonyl (C=O) groups is 1. The lowest BCUT2D eigenvalue weighted by Gasteiger charge is -2.16. The lowest BCUT2D eigenvalue weighted by Crippen LogP contribution is -2.30. The van der Waals surface area contributed by atoms with Crippen molar-refractivity contribution in [1.29, 1.82) is 0 Å². The van der Waals surface area contributed by atoms with Crippen molar-refractivity contribution in [2.24, 2.45) is 0 Å². The van der Waals surface area contributed by atoms with E-state index in [9.17, 15) is 18.7 Å². The number of rotatable bonds is 5. The molecule has 0 aliphatic carbocycles. The minimum Gasteiger partial charge on any atom is -0.390 e. The van der Waals surface area contributed by atoms with Gasteiger partial charge in [-0.15, -0.1) is 0 Å². The number of aliphatic hydroxyl groups is 1. The zero-order chi connectivity index (χ0) is 19.8. The van der Waals surface area contributed by atoms with E-state index in [0.717, 1.165) is 0 Å². The van der Waals surface area contributed by atoms with Gasteiger partial charge in [0.15, 0.2) is 17.5 Å². The van der Waals surface area contributed by atoms with Crippen molar-refractivity contribution >= 4 is 17.4 Å². The second-order valence-electron chi connectivity index (χ2n) is 6.79. The van der Waals surface area contributed by atoms with Gasteiger partial charge in [0, 0.05) is 24.4 Å². The molecule has 27 heavy (non-hydrogen) atoms. The highest BCUT2D eigenvalue weighted by atomic mass is 19.1. The molecule has 0 atom stereocenters. The Morgan fingerprint density at radius 2 is 2.07 bits per heavy atom. The number of carbonyl (C=O) groups excluding carboxylic acids is 1. The van der Waals surface area contributed by atoms with Gasteiger partial charge >= 0.3 is 0 Å². The first-order chi connectivity index (χ1) is 12.7. The van der Waals surface area contributed by atoms with Crippen LogP contribution in [-0.4, -0.2) is 37.5 Å². The summed E-state index contributed by atoms with van der Waals surface area (Å²) in [5.74, 6) is -2.53. The van der Waals surface area contributed by atoms with Gasteiger partial charge in [-0.1, -0.05) is 0 Å². The van der Waals surface area contributed by atoms with E-state index >= 15 is 0 Å². The van der Waals surface area contributed by atoms with Crippen LogP contribution in [0.5, 0.6) is 0 Å². The van der Waals surface area contributed by atoms with Crippen LogP contribution in [0, 0.1) is 11.6 Å². The summed E-state index contributed by atoms with van der Waals surface area (Å²) in [6.07, 6.45) is 3.32. The van der Waals surface area contributed by atoms with Crippen molar-refractivity contribution in [3.63, 3.8) is 0 Å². The van der Waals surface area contributed by atoms with Gasteiger partial charge in [0.05, 0.1) is 17.5 Å². The van der Waals surface area contributed by atoms with Crippen LogP contribution in [-0.2, 0) is 0 Å². The van der Waals surface area contributed by atoms with E-state index in [1.165, 1.54) is 16.7 Å². The average molecular weight is 375 g/mol. The molecule has 142 valence electrons. The molecule has 0 aromatic carbocycles. The molecule has 0 aliphatic heterocycles. The maximum Gasteiger partial charge on any atom is 0.251 e. The summed E-state index contributed by atoms with van der Waals surface area (Å²) in [5, 5.41) is 12.4. The van der Waals surface area contributed by atoms with Crippen LogP contribution < -0.4 is 11.1 Å². The summed E-state index contributed by atoms with van der Waals surface area (Å²) in [6, 6.07) is 3.75. The summed E-state index contributed by atoms with van der Waals surface area (Å²) < 4.78 is 28.9. The smallest absolute Gasteiger partial charge is 0.251 e. The number of halogens is 2. The number of hydrogen-bond acceptors (Lipinski definition) is 5. The van der Waals surface area contributed by atoms with Crippen LogP contribution in [0.25, 0.3) is 17.0 Å². The molecule has 0 saturated heterocycles. The third kappa shape index (κ3) is 4.03. The third-order valence-electron chi connectivity index (χ3n) is 4.00. The number of nitrogen functional groups attached to an aromatic ring is 1. The van der Waals surface area contributed by atoms with E-state index in [-0.39, 0.29) is 17.3 Å². The van der Waals surface area contributed by atoms with Gasteiger partial charge in [-0.25, -0.2) is 18.7 Å². The van der Waals surface area contributed by atoms with Crippen LogP contribution in [0.4, 0.5) is 14.6 Å². The van der Waals surface area contributed by atoms with E-state index in [0.29, 0.717) is 30.2 Å². The summed E-state index contributed by atoms with van der Waals surface area (Å²) in [6.45, 7) is 3.64. The number of nitrogens with zero attached hydrogens (tertiary/aromatic N) is 3. The fourth-order valence-electron chi connectivity index (χ4n) is 2.54. The first-order valence-electron chi connectivity index (χ1n) is 8.25. The average Bonchev–Trinajstić information content (AvgIpc) is 3.00. The minimum absolute atomic E-state index is 0.135. The van der Waals surface area contributed by atoms with E-state index in [1.54, 1.807) is 26.1 Å². The largest absolute Gasteiger partial charge is 0.390 e. The lowest BCUT2D eigenvalue weighted by molar-refractivity contribution is 0.0693. The molecule has 0 unspecified atom stereocenters. The number of nitrogens with two attached hydrogens (primary N) is 1. The molecular formula is C18H19F2N5O2. The highest BCUT2D eigenvalue weighted by Gasteiger charge is 2.17. The topological polar surface area (TPSA) is 106 Å². The molecule has 3 heterocycles. The Kier molecular flexibility index (Phi) is 4.79. The van der Waals surface area contributed by atoms with Gasteiger partial charge in [0.25, 0.3) is 5.91 Å². The Morgan fingerprint density at radius 3 is 2.78 bits per heavy atom. The highest BCUT2D eigenvalue weighted by molar-refractivity contribution is 5.95. The molecule has 0 fully saturated rings. The van der Waals surface area contributed by atoms with E-state index in [1.807, 2.05) is 0 Å². The van der Waals surface area contributed by atoms with Crippen molar-refractivity contribution in [2.45, 2.75) is 25.9 Å². The molecule has 9 heteroatoms. The van der Waals surface area contributed by atoms with Gasteiger partial charge in [0.1, 0.15) is 11.3 Å². The van der Waals surface area contributed by atoms with E-state index in [2.05, 4.69) is 15.3 Å². The second-order valence-corrected chi connectivity index (χ2v) is 6.79. The molecule has 3 aromatic heterocycles. The Bertz CT molecular complexity index is 1010. The van der Waals surface area contributed by atoms with Crippen molar-refractivity contribution in [1.82, 2.24) is 19.7 Å². The van der Waals surface area contributed by atoms with Gasteiger partial charge < -0.3 is 16.2 Å². The molecule has 0 saturated carbocycles. The zero-order valence-corrected chi connectivity index (χ0v) is 14.8. The molecule has 7 nitrogen and oxygen atoms in total. The predicted molar refractivity (Wildman–Crippen MR) is 96.0 cm³/mol. The van der Waals surface area contributed by atoms with E-state index < -0.39 is 23.1 Å². The molecular weight excluding hydrogens is 356 g/mol. The molecule has 0 radical (unpaired) electrons. The summed E-state index contributed by atoms with van der Waals surface area (Å²) >= 11 is 0. The molecule has 0 bridgehead atoms. The maximum absolute atomic E-state index is 14.1. The number of fused-ring (bicyclic) bond motifs is 1. The van der Waals surface area contributed by atoms with Crippen molar-refractivity contribution in [3.8, 4) is 11.4 Å². The Balaban J connectivity index is 1.87. The zero-order valence-electron chi connectivity index (χ0n) is 14.8. The Hall–Kier alpha value is -3.07. The Morgan fingerprint density at radius 1 is 1.33 bits per heavy atom. The van der Waals surface area contributed by atoms with Crippen LogP contribution in [0.15, 0.2) is 30.6 Å². The van der Waals surface area contributed by atoms with Gasteiger partial charge in [-0.3, -0.25) is 9.20 Å². The molecule has 4 N–H and O–H groups in total. The molecule has 3 rings (SSSR count). The standard InChI is InChI=1S/C18H19F2N5O2/c1-18(2,27)4-5-22-17(26)10-3-6-25-13(9-23-14(25)7-10)15-11(19)8-12(20)16(21)24-15/h3,6-9,27H,4-5H2,1-2H3,(H2,21,24)(H,22,26). The second kappa shape index (κ2) is 6.92. The Labute approximate surface area is 153 Å². The van der Waals surface area contributed by atoms with Crippen LogP contribution in [0.1, 0.15) is 30.6 Å². The van der Waals surface area contributed by atoms with Crippen LogP contribution in [0.2, 0.25) is 0 Å². The third-order valence-corrected chi connectivity index (χ3v) is 4.00. The lowest BCUT2D eigenvalue weighted by atomic mass is 10.1. The quantitative estimate of drug-likeness (QED) is 0.634. The summed E-state index contributed by atoms with van der Waals surface area (Å²) in [4.78, 5) is 20.1. The number of pyridine rings is 2. The fourth-order valence-corrected chi connectivity index (χ4v) is 2.54. The van der Waals surface area contributed by atoms with Crippen LogP contribution in [0.3, 0.4) is 0 Å². The number of aromatic nitrogens is 3. The minimum atomic E-state index is -0.935. The first-order valence-corrected chi connectivity index (χ1v) is 8.25. The SMILES string of the molecule is CC(C)(O)CCNC(=O)c1ccn2c(-c3nc(N)c(F)cc3F)cnc2c1. The highest BCUT2D eigenvalue weighted by Crippen LogP contribution is 2.24. The molecule has 1 amide bonds.